The maximum absolute atomic E-state index is 12.0. The molecule has 24 heavy (non-hydrogen) atoms. The molecule has 0 unspecified atom stereocenters. The Balaban J connectivity index is 1.52. The number of carbonyl (C=O) groups excluding carboxylic acids is 2. The molecule has 130 valence electrons. The standard InChI is InChI=1S/C17H23N3O4/c1-23-13-6-4-12(5-7-13)3-2-8-20-14-10-19(16(21)9-18)11-15(14)24-17(20)22/h4-7,14-15H,2-3,8-11,18H2,1H3/t14-,15+/m1/s1. The van der Waals surface area contributed by atoms with Crippen LogP contribution >= 0.6 is 0 Å². The van der Waals surface area contributed by atoms with Gasteiger partial charge in [0.15, 0.2) is 0 Å². The smallest absolute Gasteiger partial charge is 0.410 e. The minimum atomic E-state index is -0.278. The zero-order valence-electron chi connectivity index (χ0n) is 13.8. The number of nitrogens with two attached hydrogens (primary N) is 1. The number of hydrogen-bond acceptors (Lipinski definition) is 5. The Kier molecular flexibility index (Phi) is 4.89. The first-order chi connectivity index (χ1) is 11.6. The first-order valence-corrected chi connectivity index (χ1v) is 8.20. The highest BCUT2D eigenvalue weighted by molar-refractivity contribution is 5.79. The second-order valence-electron chi connectivity index (χ2n) is 6.14. The first-order valence-electron chi connectivity index (χ1n) is 8.20. The number of methoxy groups -OCH3 is 1. The molecule has 2 aliphatic heterocycles. The van der Waals surface area contributed by atoms with Crippen LogP contribution in [0.15, 0.2) is 24.3 Å². The normalized spacial score (nSPS) is 22.5. The van der Waals surface area contributed by atoms with E-state index < -0.39 is 0 Å². The highest BCUT2D eigenvalue weighted by Crippen LogP contribution is 2.27. The fourth-order valence-corrected chi connectivity index (χ4v) is 3.34. The monoisotopic (exact) mass is 333 g/mol. The van der Waals surface area contributed by atoms with Crippen molar-refractivity contribution in [3.8, 4) is 5.75 Å². The van der Waals surface area contributed by atoms with Crippen LogP contribution in [0, 0.1) is 0 Å². The third kappa shape index (κ3) is 3.31. The van der Waals surface area contributed by atoms with Crippen LogP contribution in [0.2, 0.25) is 0 Å². The van der Waals surface area contributed by atoms with E-state index in [9.17, 15) is 9.59 Å². The number of rotatable bonds is 6. The molecule has 7 nitrogen and oxygen atoms in total. The summed E-state index contributed by atoms with van der Waals surface area (Å²) in [6.07, 6.45) is 1.21. The van der Waals surface area contributed by atoms with Crippen LogP contribution in [0.3, 0.4) is 0 Å². The quantitative estimate of drug-likeness (QED) is 0.825. The molecule has 2 aliphatic rings. The van der Waals surface area contributed by atoms with Gasteiger partial charge in [-0.05, 0) is 30.5 Å². The van der Waals surface area contributed by atoms with Crippen molar-refractivity contribution in [3.05, 3.63) is 29.8 Å². The lowest BCUT2D eigenvalue weighted by atomic mass is 10.1. The lowest BCUT2D eigenvalue weighted by Gasteiger charge is -2.22. The van der Waals surface area contributed by atoms with Crippen molar-refractivity contribution in [1.82, 2.24) is 9.80 Å². The molecule has 2 fully saturated rings. The number of hydrogen-bond donors (Lipinski definition) is 1. The van der Waals surface area contributed by atoms with Gasteiger partial charge in [0.2, 0.25) is 5.91 Å². The molecule has 2 N–H and O–H groups in total. The number of carbonyl (C=O) groups is 2. The number of amides is 2. The summed E-state index contributed by atoms with van der Waals surface area (Å²) >= 11 is 0. The molecular weight excluding hydrogens is 310 g/mol. The van der Waals surface area contributed by atoms with Gasteiger partial charge in [0.1, 0.15) is 11.9 Å². The molecule has 0 spiro atoms. The van der Waals surface area contributed by atoms with Gasteiger partial charge in [-0.2, -0.15) is 0 Å². The van der Waals surface area contributed by atoms with E-state index in [4.69, 9.17) is 15.2 Å². The van der Waals surface area contributed by atoms with E-state index in [1.54, 1.807) is 16.9 Å². The van der Waals surface area contributed by atoms with E-state index in [0.29, 0.717) is 19.6 Å². The lowest BCUT2D eigenvalue weighted by molar-refractivity contribution is -0.129. The number of nitrogens with zero attached hydrogens (tertiary/aromatic N) is 2. The Hall–Kier alpha value is -2.28. The molecule has 2 amide bonds. The number of ether oxygens (including phenoxy) is 2. The molecule has 7 heteroatoms. The third-order valence-electron chi connectivity index (χ3n) is 4.67. The summed E-state index contributed by atoms with van der Waals surface area (Å²) in [7, 11) is 1.64. The van der Waals surface area contributed by atoms with E-state index in [-0.39, 0.29) is 30.7 Å². The zero-order valence-corrected chi connectivity index (χ0v) is 13.8. The molecule has 2 heterocycles. The van der Waals surface area contributed by atoms with Crippen LogP contribution in [0.4, 0.5) is 4.79 Å². The van der Waals surface area contributed by atoms with Gasteiger partial charge < -0.3 is 20.1 Å². The Morgan fingerprint density at radius 1 is 1.33 bits per heavy atom. The summed E-state index contributed by atoms with van der Waals surface area (Å²) in [5.41, 5.74) is 6.61. The van der Waals surface area contributed by atoms with E-state index >= 15 is 0 Å². The number of fused-ring (bicyclic) bond motifs is 1. The van der Waals surface area contributed by atoms with Crippen molar-refractivity contribution in [3.63, 3.8) is 0 Å². The summed E-state index contributed by atoms with van der Waals surface area (Å²) in [6, 6.07) is 7.87. The molecule has 2 saturated heterocycles. The summed E-state index contributed by atoms with van der Waals surface area (Å²) in [5.74, 6) is 0.735. The minimum Gasteiger partial charge on any atom is -0.497 e. The second kappa shape index (κ2) is 7.09. The number of benzene rings is 1. The summed E-state index contributed by atoms with van der Waals surface area (Å²) < 4.78 is 10.5. The van der Waals surface area contributed by atoms with Gasteiger partial charge in [0, 0.05) is 13.1 Å². The molecular formula is C17H23N3O4. The molecule has 1 aromatic rings. The summed E-state index contributed by atoms with van der Waals surface area (Å²) in [5, 5.41) is 0. The second-order valence-corrected chi connectivity index (χ2v) is 6.14. The van der Waals surface area contributed by atoms with Crippen molar-refractivity contribution >= 4 is 12.0 Å². The zero-order chi connectivity index (χ0) is 17.1. The van der Waals surface area contributed by atoms with Gasteiger partial charge in [-0.15, -0.1) is 0 Å². The average molecular weight is 333 g/mol. The molecule has 1 aromatic carbocycles. The number of likely N-dealkylation sites (tertiary alicyclic amines) is 1. The highest BCUT2D eigenvalue weighted by atomic mass is 16.6. The summed E-state index contributed by atoms with van der Waals surface area (Å²) in [6.45, 7) is 1.57. The maximum Gasteiger partial charge on any atom is 0.410 e. The van der Waals surface area contributed by atoms with Gasteiger partial charge in [0.25, 0.3) is 0 Å². The topological polar surface area (TPSA) is 85.1 Å². The van der Waals surface area contributed by atoms with Crippen molar-refractivity contribution in [2.24, 2.45) is 5.73 Å². The molecule has 0 radical (unpaired) electrons. The average Bonchev–Trinajstić information content (AvgIpc) is 3.13. The van der Waals surface area contributed by atoms with E-state index in [1.807, 2.05) is 24.3 Å². The van der Waals surface area contributed by atoms with Crippen molar-refractivity contribution in [2.75, 3.05) is 33.3 Å². The van der Waals surface area contributed by atoms with Crippen molar-refractivity contribution < 1.29 is 19.1 Å². The fraction of sp³-hybridized carbons (Fsp3) is 0.529. The van der Waals surface area contributed by atoms with Crippen LogP contribution in [0.25, 0.3) is 0 Å². The first kappa shape index (κ1) is 16.6. The lowest BCUT2D eigenvalue weighted by Crippen LogP contribution is -2.41. The van der Waals surface area contributed by atoms with Gasteiger partial charge >= 0.3 is 6.09 Å². The van der Waals surface area contributed by atoms with Gasteiger partial charge in [-0.1, -0.05) is 12.1 Å². The predicted molar refractivity (Wildman–Crippen MR) is 87.7 cm³/mol. The Morgan fingerprint density at radius 2 is 2.08 bits per heavy atom. The Bertz CT molecular complexity index is 604. The van der Waals surface area contributed by atoms with Crippen LogP contribution in [0.5, 0.6) is 5.75 Å². The van der Waals surface area contributed by atoms with E-state index in [0.717, 1.165) is 18.6 Å². The van der Waals surface area contributed by atoms with Crippen LogP contribution in [-0.4, -0.2) is 67.2 Å². The molecule has 3 rings (SSSR count). The van der Waals surface area contributed by atoms with E-state index in [1.165, 1.54) is 5.56 Å². The molecule has 0 aliphatic carbocycles. The Labute approximate surface area is 141 Å². The van der Waals surface area contributed by atoms with Gasteiger partial charge in [0.05, 0.1) is 26.2 Å². The minimum absolute atomic E-state index is 0.00907. The van der Waals surface area contributed by atoms with Crippen molar-refractivity contribution in [2.45, 2.75) is 25.0 Å². The number of aryl methyl sites for hydroxylation is 1. The molecule has 0 saturated carbocycles. The molecule has 2 atom stereocenters. The third-order valence-corrected chi connectivity index (χ3v) is 4.67. The fourth-order valence-electron chi connectivity index (χ4n) is 3.34. The predicted octanol–water partition coefficient (Wildman–Crippen LogP) is 0.618. The SMILES string of the molecule is COc1ccc(CCCN2C(=O)O[C@H]3CN(C(=O)CN)C[C@H]32)cc1. The van der Waals surface area contributed by atoms with Crippen LogP contribution in [0.1, 0.15) is 12.0 Å². The van der Waals surface area contributed by atoms with Crippen molar-refractivity contribution in [1.29, 1.82) is 0 Å². The highest BCUT2D eigenvalue weighted by Gasteiger charge is 2.48. The van der Waals surface area contributed by atoms with Gasteiger partial charge in [-0.25, -0.2) is 4.79 Å². The molecule has 0 bridgehead atoms. The van der Waals surface area contributed by atoms with Gasteiger partial charge in [-0.3, -0.25) is 9.69 Å². The Morgan fingerprint density at radius 3 is 2.75 bits per heavy atom. The largest absolute Gasteiger partial charge is 0.497 e. The van der Waals surface area contributed by atoms with Crippen LogP contribution in [-0.2, 0) is 16.0 Å². The van der Waals surface area contributed by atoms with Crippen LogP contribution < -0.4 is 10.5 Å². The molecule has 0 aromatic heterocycles. The maximum atomic E-state index is 12.0. The van der Waals surface area contributed by atoms with E-state index in [2.05, 4.69) is 0 Å². The summed E-state index contributed by atoms with van der Waals surface area (Å²) in [4.78, 5) is 27.2.